The number of rotatable bonds is 4. The van der Waals surface area contributed by atoms with Crippen LogP contribution < -0.4 is 0 Å². The van der Waals surface area contributed by atoms with E-state index in [9.17, 15) is 9.90 Å². The first kappa shape index (κ1) is 15.6. The monoisotopic (exact) mass is 361 g/mol. The van der Waals surface area contributed by atoms with Gasteiger partial charge < -0.3 is 14.7 Å². The zero-order valence-corrected chi connectivity index (χ0v) is 13.4. The molecular formula is C14H17BrClNO3. The number of nitrogens with zero attached hydrogens (tertiary/aromatic N) is 1. The molecule has 110 valence electrons. The molecule has 1 aromatic rings. The van der Waals surface area contributed by atoms with Crippen LogP contribution in [0.5, 0.6) is 5.75 Å². The van der Waals surface area contributed by atoms with E-state index in [1.54, 1.807) is 4.90 Å². The zero-order chi connectivity index (χ0) is 14.5. The molecule has 1 saturated heterocycles. The Morgan fingerprint density at radius 1 is 1.45 bits per heavy atom. The van der Waals surface area contributed by atoms with Gasteiger partial charge in [0.2, 0.25) is 0 Å². The van der Waals surface area contributed by atoms with Crippen molar-refractivity contribution in [2.75, 3.05) is 25.0 Å². The highest BCUT2D eigenvalue weighted by atomic mass is 79.9. The summed E-state index contributed by atoms with van der Waals surface area (Å²) in [6, 6.07) is 4.42. The van der Waals surface area contributed by atoms with Gasteiger partial charge in [-0.3, -0.25) is 4.79 Å². The number of carbonyl (C=O) groups is 1. The number of alkyl halides is 1. The first-order valence-corrected chi connectivity index (χ1v) is 8.07. The van der Waals surface area contributed by atoms with Gasteiger partial charge in [-0.05, 0) is 31.0 Å². The molecule has 0 aliphatic carbocycles. The molecule has 1 N–H and O–H groups in total. The van der Waals surface area contributed by atoms with Crippen LogP contribution in [0.4, 0.5) is 0 Å². The number of carbonyl (C=O) groups excluding carboxylic acids is 1. The Kier molecular flexibility index (Phi) is 5.69. The SMILES string of the molecule is O=C(c1cc(O)ccc1Cl)N1CCC(OCCBr)CC1. The van der Waals surface area contributed by atoms with Crippen molar-refractivity contribution in [1.29, 1.82) is 0 Å². The Balaban J connectivity index is 1.96. The lowest BCUT2D eigenvalue weighted by molar-refractivity contribution is 0.0160. The third kappa shape index (κ3) is 3.87. The number of likely N-dealkylation sites (tertiary alicyclic amines) is 1. The highest BCUT2D eigenvalue weighted by Gasteiger charge is 2.25. The predicted octanol–water partition coefficient (Wildman–Crippen LogP) is 3.06. The van der Waals surface area contributed by atoms with E-state index < -0.39 is 0 Å². The van der Waals surface area contributed by atoms with Gasteiger partial charge in [-0.1, -0.05) is 27.5 Å². The molecule has 1 aromatic carbocycles. The Morgan fingerprint density at radius 3 is 2.80 bits per heavy atom. The van der Waals surface area contributed by atoms with E-state index in [4.69, 9.17) is 16.3 Å². The highest BCUT2D eigenvalue weighted by molar-refractivity contribution is 9.09. The summed E-state index contributed by atoms with van der Waals surface area (Å²) in [6.45, 7) is 1.99. The van der Waals surface area contributed by atoms with Crippen LogP contribution in [0, 0.1) is 0 Å². The molecule has 0 aromatic heterocycles. The van der Waals surface area contributed by atoms with Crippen LogP contribution in [0.3, 0.4) is 0 Å². The average molecular weight is 363 g/mol. The summed E-state index contributed by atoms with van der Waals surface area (Å²) in [5.74, 6) is -0.0851. The van der Waals surface area contributed by atoms with Gasteiger partial charge in [0, 0.05) is 18.4 Å². The Hall–Kier alpha value is -0.780. The maximum absolute atomic E-state index is 12.4. The largest absolute Gasteiger partial charge is 0.508 e. The van der Waals surface area contributed by atoms with Crippen molar-refractivity contribution in [2.45, 2.75) is 18.9 Å². The molecule has 1 amide bonds. The molecule has 2 rings (SSSR count). The minimum atomic E-state index is -0.134. The summed E-state index contributed by atoms with van der Waals surface area (Å²) in [4.78, 5) is 14.1. The molecule has 1 heterocycles. The number of phenols is 1. The lowest BCUT2D eigenvalue weighted by atomic mass is 10.1. The quantitative estimate of drug-likeness (QED) is 0.838. The fraction of sp³-hybridized carbons (Fsp3) is 0.500. The average Bonchev–Trinajstić information content (AvgIpc) is 2.47. The first-order valence-electron chi connectivity index (χ1n) is 6.57. The molecule has 1 fully saturated rings. The third-order valence-electron chi connectivity index (χ3n) is 3.34. The van der Waals surface area contributed by atoms with Gasteiger partial charge in [-0.25, -0.2) is 0 Å². The standard InChI is InChI=1S/C14H17BrClNO3/c15-5-8-20-11-3-6-17(7-4-11)14(19)12-9-10(18)1-2-13(12)16/h1-2,9,11,18H,3-8H2. The van der Waals surface area contributed by atoms with Crippen LogP contribution >= 0.6 is 27.5 Å². The number of piperidine rings is 1. The van der Waals surface area contributed by atoms with Crippen molar-refractivity contribution in [3.8, 4) is 5.75 Å². The normalized spacial score (nSPS) is 16.4. The second-order valence-corrected chi connectivity index (χ2v) is 5.92. The maximum Gasteiger partial charge on any atom is 0.255 e. The molecule has 4 nitrogen and oxygen atoms in total. The van der Waals surface area contributed by atoms with Gasteiger partial charge >= 0.3 is 0 Å². The van der Waals surface area contributed by atoms with Crippen LogP contribution in [0.1, 0.15) is 23.2 Å². The summed E-state index contributed by atoms with van der Waals surface area (Å²) in [7, 11) is 0. The predicted molar refractivity (Wildman–Crippen MR) is 81.8 cm³/mol. The van der Waals surface area contributed by atoms with E-state index >= 15 is 0 Å². The number of hydrogen-bond donors (Lipinski definition) is 1. The molecule has 20 heavy (non-hydrogen) atoms. The van der Waals surface area contributed by atoms with Gasteiger partial charge in [-0.15, -0.1) is 0 Å². The molecule has 1 aliphatic rings. The van der Waals surface area contributed by atoms with E-state index in [1.165, 1.54) is 18.2 Å². The minimum Gasteiger partial charge on any atom is -0.508 e. The number of aromatic hydroxyl groups is 1. The topological polar surface area (TPSA) is 49.8 Å². The maximum atomic E-state index is 12.4. The minimum absolute atomic E-state index is 0.0493. The number of phenolic OH excluding ortho intramolecular Hbond substituents is 1. The van der Waals surface area contributed by atoms with Crippen molar-refractivity contribution in [3.05, 3.63) is 28.8 Å². The van der Waals surface area contributed by atoms with Crippen molar-refractivity contribution >= 4 is 33.4 Å². The van der Waals surface area contributed by atoms with E-state index in [0.717, 1.165) is 18.2 Å². The van der Waals surface area contributed by atoms with Crippen LogP contribution in [0.2, 0.25) is 5.02 Å². The van der Waals surface area contributed by atoms with E-state index in [-0.39, 0.29) is 17.8 Å². The van der Waals surface area contributed by atoms with Crippen LogP contribution in [-0.2, 0) is 4.74 Å². The number of hydrogen-bond acceptors (Lipinski definition) is 3. The van der Waals surface area contributed by atoms with Crippen LogP contribution in [-0.4, -0.2) is 47.0 Å². The number of benzene rings is 1. The summed E-state index contributed by atoms with van der Waals surface area (Å²) in [6.07, 6.45) is 1.88. The lowest BCUT2D eigenvalue weighted by Crippen LogP contribution is -2.41. The van der Waals surface area contributed by atoms with Gasteiger partial charge in [0.1, 0.15) is 5.75 Å². The summed E-state index contributed by atoms with van der Waals surface area (Å²) in [5, 5.41) is 10.7. The van der Waals surface area contributed by atoms with E-state index in [0.29, 0.717) is 30.3 Å². The van der Waals surface area contributed by atoms with Crippen LogP contribution in [0.25, 0.3) is 0 Å². The summed E-state index contributed by atoms with van der Waals surface area (Å²) < 4.78 is 5.66. The Bertz CT molecular complexity index is 475. The molecule has 6 heteroatoms. The second kappa shape index (κ2) is 7.29. The van der Waals surface area contributed by atoms with Gasteiger partial charge in [0.05, 0.1) is 23.3 Å². The fourth-order valence-electron chi connectivity index (χ4n) is 2.28. The fourth-order valence-corrected chi connectivity index (χ4v) is 2.67. The van der Waals surface area contributed by atoms with Gasteiger partial charge in [0.25, 0.3) is 5.91 Å². The third-order valence-corrected chi connectivity index (χ3v) is 3.99. The molecule has 0 bridgehead atoms. The Morgan fingerprint density at radius 2 is 2.15 bits per heavy atom. The molecule has 1 aliphatic heterocycles. The summed E-state index contributed by atoms with van der Waals surface area (Å²) in [5.41, 5.74) is 0.353. The molecule has 0 saturated carbocycles. The van der Waals surface area contributed by atoms with E-state index in [2.05, 4.69) is 15.9 Å². The van der Waals surface area contributed by atoms with Gasteiger partial charge in [0.15, 0.2) is 0 Å². The zero-order valence-electron chi connectivity index (χ0n) is 11.0. The van der Waals surface area contributed by atoms with Crippen molar-refractivity contribution in [2.24, 2.45) is 0 Å². The molecular weight excluding hydrogens is 346 g/mol. The molecule has 0 atom stereocenters. The van der Waals surface area contributed by atoms with Crippen molar-refractivity contribution < 1.29 is 14.6 Å². The number of ether oxygens (including phenoxy) is 1. The molecule has 0 spiro atoms. The smallest absolute Gasteiger partial charge is 0.255 e. The van der Waals surface area contributed by atoms with Crippen LogP contribution in [0.15, 0.2) is 18.2 Å². The summed E-state index contributed by atoms with van der Waals surface area (Å²) >= 11 is 9.35. The molecule has 0 unspecified atom stereocenters. The van der Waals surface area contributed by atoms with Gasteiger partial charge in [-0.2, -0.15) is 0 Å². The van der Waals surface area contributed by atoms with E-state index in [1.807, 2.05) is 0 Å². The first-order chi connectivity index (χ1) is 9.61. The Labute approximate surface area is 131 Å². The number of amides is 1. The lowest BCUT2D eigenvalue weighted by Gasteiger charge is -2.32. The molecule has 0 radical (unpaired) electrons. The number of halogens is 2. The highest BCUT2D eigenvalue weighted by Crippen LogP contribution is 2.24. The van der Waals surface area contributed by atoms with Crippen molar-refractivity contribution in [1.82, 2.24) is 4.90 Å². The van der Waals surface area contributed by atoms with Crippen molar-refractivity contribution in [3.63, 3.8) is 0 Å². The second-order valence-electron chi connectivity index (χ2n) is 4.72.